The van der Waals surface area contributed by atoms with Gasteiger partial charge in [-0.3, -0.25) is 19.3 Å². The Morgan fingerprint density at radius 2 is 1.48 bits per heavy atom. The molecule has 7 atom stereocenters. The van der Waals surface area contributed by atoms with Gasteiger partial charge in [-0.1, -0.05) is 118 Å². The number of rotatable bonds is 8. The van der Waals surface area contributed by atoms with E-state index >= 15 is 14.4 Å². The maximum Gasteiger partial charge on any atom is 0.329 e. The average Bonchev–Trinajstić information content (AvgIpc) is 3.74. The highest BCUT2D eigenvalue weighted by Gasteiger charge is 2.76. The molecule has 4 aliphatic heterocycles. The summed E-state index contributed by atoms with van der Waals surface area (Å²) in [5, 5.41) is 23.1. The zero-order valence-corrected chi connectivity index (χ0v) is 36.3. The Labute approximate surface area is 373 Å². The highest BCUT2D eigenvalue weighted by molar-refractivity contribution is 6.25. The van der Waals surface area contributed by atoms with Gasteiger partial charge in [-0.15, -0.1) is 0 Å². The van der Waals surface area contributed by atoms with Gasteiger partial charge in [0, 0.05) is 25.1 Å². The first kappa shape index (κ1) is 44.1. The standard InChI is InChI=1S/C51H54N4O9/c1-32(2)41(47(59)63-3)52-50(62)54-39-27-22-33(17-13-16-30-56)31-38(39)51(49(54)61)40(46(58)53-28-14-5-4-6-15-29-53)43-48(60)64-44(35-20-11-8-12-21-35)42(34-18-9-7-10-19-34)55(43)45(51)36-23-25-37(57)26-24-36/h7-12,18-27,31-32,40-45,56-57H,4-6,14-16,28-30H2,1-3H3,(H,52,62)/t40-,41+,42-,43-,44+,45+,51-/m1/s1. The first-order valence-corrected chi connectivity index (χ1v) is 22.2. The van der Waals surface area contributed by atoms with E-state index in [1.165, 1.54) is 19.2 Å². The lowest BCUT2D eigenvalue weighted by Gasteiger charge is -2.46. The van der Waals surface area contributed by atoms with Gasteiger partial charge >= 0.3 is 18.0 Å². The number of imide groups is 1. The van der Waals surface area contributed by atoms with Crippen LogP contribution in [0.5, 0.6) is 5.75 Å². The van der Waals surface area contributed by atoms with Gasteiger partial charge in [-0.05, 0) is 71.3 Å². The number of aliphatic hydroxyl groups excluding tert-OH is 1. The normalized spacial score (nSPS) is 24.7. The summed E-state index contributed by atoms with van der Waals surface area (Å²) < 4.78 is 11.6. The van der Waals surface area contributed by atoms with Crippen LogP contribution in [0.3, 0.4) is 0 Å². The molecule has 13 heteroatoms. The van der Waals surface area contributed by atoms with E-state index in [0.29, 0.717) is 29.8 Å². The van der Waals surface area contributed by atoms with Crippen molar-refractivity contribution in [2.24, 2.45) is 11.8 Å². The molecule has 3 N–H and O–H groups in total. The average molecular weight is 867 g/mol. The van der Waals surface area contributed by atoms with Crippen LogP contribution in [0.15, 0.2) is 103 Å². The van der Waals surface area contributed by atoms with Crippen LogP contribution < -0.4 is 10.2 Å². The number of ether oxygens (including phenoxy) is 2. The fourth-order valence-corrected chi connectivity index (χ4v) is 10.3. The number of carbonyl (C=O) groups excluding carboxylic acids is 5. The van der Waals surface area contributed by atoms with Crippen LogP contribution in [0.25, 0.3) is 0 Å². The third-order valence-corrected chi connectivity index (χ3v) is 13.2. The van der Waals surface area contributed by atoms with Gasteiger partial charge < -0.3 is 29.9 Å². The van der Waals surface area contributed by atoms with Crippen molar-refractivity contribution in [3.05, 3.63) is 131 Å². The summed E-state index contributed by atoms with van der Waals surface area (Å²) in [6.45, 7) is 4.11. The number of phenolic OH excluding ortho intramolecular Hbond substituents is 1. The Bertz CT molecular complexity index is 2440. The topological polar surface area (TPSA) is 166 Å². The molecule has 4 amide bonds. The molecule has 0 aromatic heterocycles. The molecule has 0 aliphatic carbocycles. The van der Waals surface area contributed by atoms with Crippen molar-refractivity contribution in [2.75, 3.05) is 31.7 Å². The van der Waals surface area contributed by atoms with E-state index in [2.05, 4.69) is 17.2 Å². The van der Waals surface area contributed by atoms with E-state index < -0.39 is 77.3 Å². The van der Waals surface area contributed by atoms with Crippen LogP contribution >= 0.6 is 0 Å². The Kier molecular flexibility index (Phi) is 12.9. The number of amides is 4. The Morgan fingerprint density at radius 3 is 2.11 bits per heavy atom. The second-order valence-electron chi connectivity index (χ2n) is 17.3. The third kappa shape index (κ3) is 7.79. The number of nitrogens with zero attached hydrogens (tertiary/aromatic N) is 3. The van der Waals surface area contributed by atoms with Crippen molar-refractivity contribution in [1.29, 1.82) is 0 Å². The number of fused-ring (bicyclic) bond motifs is 3. The predicted octanol–water partition coefficient (Wildman–Crippen LogP) is 6.49. The third-order valence-electron chi connectivity index (χ3n) is 13.2. The summed E-state index contributed by atoms with van der Waals surface area (Å²) in [6, 6.07) is 24.9. The van der Waals surface area contributed by atoms with Crippen molar-refractivity contribution in [3.8, 4) is 17.6 Å². The largest absolute Gasteiger partial charge is 0.508 e. The molecule has 4 aromatic rings. The number of hydrogen-bond acceptors (Lipinski definition) is 10. The number of hydrogen-bond donors (Lipinski definition) is 3. The van der Waals surface area contributed by atoms with Crippen LogP contribution in [-0.2, 0) is 34.1 Å². The minimum absolute atomic E-state index is 0.0384. The monoisotopic (exact) mass is 866 g/mol. The molecule has 0 radical (unpaired) electrons. The summed E-state index contributed by atoms with van der Waals surface area (Å²) in [5.74, 6) is 1.53. The Balaban J connectivity index is 1.46. The minimum atomic E-state index is -2.02. The molecule has 13 nitrogen and oxygen atoms in total. The number of urea groups is 1. The van der Waals surface area contributed by atoms with Crippen LogP contribution in [0.1, 0.15) is 98.4 Å². The number of likely N-dealkylation sites (tertiary alicyclic amines) is 1. The van der Waals surface area contributed by atoms with Gasteiger partial charge in [0.2, 0.25) is 11.8 Å². The number of phenols is 1. The van der Waals surface area contributed by atoms with Crippen molar-refractivity contribution in [2.45, 2.75) is 88.1 Å². The van der Waals surface area contributed by atoms with E-state index in [-0.39, 0.29) is 30.0 Å². The molecule has 332 valence electrons. The van der Waals surface area contributed by atoms with Gasteiger partial charge in [0.25, 0.3) is 0 Å². The molecule has 4 aliphatic rings. The van der Waals surface area contributed by atoms with Crippen molar-refractivity contribution >= 4 is 35.5 Å². The van der Waals surface area contributed by atoms with Crippen molar-refractivity contribution in [1.82, 2.24) is 15.1 Å². The van der Waals surface area contributed by atoms with Crippen LogP contribution in [-0.4, -0.2) is 88.7 Å². The Morgan fingerprint density at radius 1 is 0.844 bits per heavy atom. The Hall–Kier alpha value is -6.49. The summed E-state index contributed by atoms with van der Waals surface area (Å²) in [7, 11) is 1.22. The zero-order chi connectivity index (χ0) is 45.1. The van der Waals surface area contributed by atoms with Gasteiger partial charge in [0.1, 0.15) is 29.4 Å². The highest BCUT2D eigenvalue weighted by atomic mass is 16.6. The smallest absolute Gasteiger partial charge is 0.329 e. The maximum absolute atomic E-state index is 16.5. The van der Waals surface area contributed by atoms with Crippen molar-refractivity contribution < 1.29 is 43.7 Å². The lowest BCUT2D eigenvalue weighted by atomic mass is 9.64. The molecule has 4 aromatic carbocycles. The van der Waals surface area contributed by atoms with Crippen LogP contribution in [0, 0.1) is 23.7 Å². The predicted molar refractivity (Wildman–Crippen MR) is 237 cm³/mol. The number of benzene rings is 4. The minimum Gasteiger partial charge on any atom is -0.508 e. The molecule has 3 fully saturated rings. The summed E-state index contributed by atoms with van der Waals surface area (Å²) in [6.07, 6.45) is 3.56. The molecule has 3 saturated heterocycles. The van der Waals surface area contributed by atoms with E-state index in [0.717, 1.165) is 42.6 Å². The summed E-state index contributed by atoms with van der Waals surface area (Å²) >= 11 is 0. The molecule has 0 unspecified atom stereocenters. The quantitative estimate of drug-likeness (QED) is 0.132. The number of cyclic esters (lactones) is 1. The van der Waals surface area contributed by atoms with E-state index in [1.807, 2.05) is 65.6 Å². The van der Waals surface area contributed by atoms with Crippen LogP contribution in [0.2, 0.25) is 0 Å². The lowest BCUT2D eigenvalue weighted by molar-refractivity contribution is -0.179. The second-order valence-corrected chi connectivity index (χ2v) is 17.3. The molecular formula is C51H54N4O9. The number of morpholine rings is 1. The number of esters is 2. The SMILES string of the molecule is COC(=O)[C@@H](NC(=O)N1C(=O)[C@@]2(c3cc(C#CCCO)ccc31)[C@H](c1ccc(O)cc1)N1[C@H](c3ccccc3)[C@H](c3ccccc3)OC(=O)[C@H]1[C@@H]2C(=O)N1CCCCCCC1)C(C)C. The van der Waals surface area contributed by atoms with E-state index in [4.69, 9.17) is 9.47 Å². The van der Waals surface area contributed by atoms with Crippen LogP contribution in [0.4, 0.5) is 10.5 Å². The number of aliphatic hydroxyl groups is 1. The summed E-state index contributed by atoms with van der Waals surface area (Å²) in [5.41, 5.74) is 0.835. The molecule has 4 heterocycles. The molecular weight excluding hydrogens is 813 g/mol. The first-order valence-electron chi connectivity index (χ1n) is 22.2. The fraction of sp³-hybridized carbons (Fsp3) is 0.392. The van der Waals surface area contributed by atoms with E-state index in [1.54, 1.807) is 49.1 Å². The molecule has 1 spiro atoms. The van der Waals surface area contributed by atoms with Gasteiger partial charge in [0.15, 0.2) is 0 Å². The maximum atomic E-state index is 16.5. The zero-order valence-electron chi connectivity index (χ0n) is 36.3. The highest BCUT2D eigenvalue weighted by Crippen LogP contribution is 2.66. The fourth-order valence-electron chi connectivity index (χ4n) is 10.3. The number of carbonyl (C=O) groups is 5. The molecule has 8 rings (SSSR count). The van der Waals surface area contributed by atoms with Gasteiger partial charge in [-0.25, -0.2) is 14.5 Å². The molecule has 64 heavy (non-hydrogen) atoms. The number of nitrogens with one attached hydrogen (secondary N) is 1. The number of anilines is 1. The second kappa shape index (κ2) is 18.7. The number of methoxy groups -OCH3 is 1. The summed E-state index contributed by atoms with van der Waals surface area (Å²) in [4.78, 5) is 80.6. The van der Waals surface area contributed by atoms with Gasteiger partial charge in [-0.2, -0.15) is 0 Å². The molecule has 0 bridgehead atoms. The first-order chi connectivity index (χ1) is 31.0. The lowest BCUT2D eigenvalue weighted by Crippen LogP contribution is -2.58. The van der Waals surface area contributed by atoms with Crippen molar-refractivity contribution in [3.63, 3.8) is 0 Å². The molecule has 0 saturated carbocycles. The van der Waals surface area contributed by atoms with E-state index in [9.17, 15) is 19.8 Å². The van der Waals surface area contributed by atoms with Gasteiger partial charge in [0.05, 0.1) is 37.4 Å². The number of aromatic hydroxyl groups is 1.